The summed E-state index contributed by atoms with van der Waals surface area (Å²) in [7, 11) is 5.40. The second kappa shape index (κ2) is 37.0. The Morgan fingerprint density at radius 1 is 0.547 bits per heavy atom. The number of quaternary nitrogens is 1. The van der Waals surface area contributed by atoms with Crippen LogP contribution in [0.25, 0.3) is 0 Å². The van der Waals surface area contributed by atoms with Crippen LogP contribution in [0.3, 0.4) is 0 Å². The first-order valence-electron chi connectivity index (χ1n) is 22.2. The summed E-state index contributed by atoms with van der Waals surface area (Å²) in [5.41, 5.74) is 0. The van der Waals surface area contributed by atoms with E-state index in [1.165, 1.54) is 135 Å². The van der Waals surface area contributed by atoms with Crippen molar-refractivity contribution in [3.05, 3.63) is 12.2 Å². The van der Waals surface area contributed by atoms with Gasteiger partial charge >= 0.3 is 11.9 Å². The van der Waals surface area contributed by atoms with Crippen molar-refractivity contribution >= 4 is 17.9 Å². The summed E-state index contributed by atoms with van der Waals surface area (Å²) >= 11 is 0. The number of unbranched alkanes of at least 4 members (excludes halogenated alkanes) is 24. The first-order valence-corrected chi connectivity index (χ1v) is 22.2. The van der Waals surface area contributed by atoms with Crippen LogP contribution < -0.4 is 5.11 Å². The summed E-state index contributed by atoms with van der Waals surface area (Å²) in [6, 6.07) is -0.721. The SMILES string of the molecule is CCCCCCCCCCCCC/C=C/CCCCCCCCCC(=O)OC(COCCC(C(=O)[O-])[N+](C)(C)C)COC(=O)CCCCCCCCC. The van der Waals surface area contributed by atoms with E-state index in [0.717, 1.165) is 38.5 Å². The van der Waals surface area contributed by atoms with Gasteiger partial charge in [-0.3, -0.25) is 9.59 Å². The number of allylic oxidation sites excluding steroid dienone is 2. The molecule has 0 rings (SSSR count). The Bertz CT molecular complexity index is 885. The largest absolute Gasteiger partial charge is 0.544 e. The number of carbonyl (C=O) groups excluding carboxylic acids is 3. The predicted molar refractivity (Wildman–Crippen MR) is 217 cm³/mol. The molecule has 2 atom stereocenters. The van der Waals surface area contributed by atoms with E-state index < -0.39 is 18.1 Å². The molecule has 0 bridgehead atoms. The van der Waals surface area contributed by atoms with Gasteiger partial charge in [-0.1, -0.05) is 161 Å². The molecule has 0 aliphatic carbocycles. The van der Waals surface area contributed by atoms with Crippen LogP contribution in [0.15, 0.2) is 12.2 Å². The standard InChI is InChI=1S/C45H85NO7/c1-6-8-10-12-14-15-16-17-18-19-20-21-22-23-24-25-26-27-28-30-32-34-36-44(48)53-41(39-51-38-37-42(45(49)50)46(3,4)5)40-52-43(47)35-33-31-29-13-11-9-7-2/h22-23,41-42H,6-21,24-40H2,1-5H3/b23-22+. The lowest BCUT2D eigenvalue weighted by Gasteiger charge is -2.34. The second-order valence-electron chi connectivity index (χ2n) is 16.3. The molecule has 8 nitrogen and oxygen atoms in total. The zero-order chi connectivity index (χ0) is 39.3. The smallest absolute Gasteiger partial charge is 0.306 e. The van der Waals surface area contributed by atoms with E-state index in [2.05, 4.69) is 26.0 Å². The third kappa shape index (κ3) is 35.5. The number of hydrogen-bond donors (Lipinski definition) is 0. The number of rotatable bonds is 40. The Hall–Kier alpha value is -1.93. The molecule has 0 aromatic rings. The van der Waals surface area contributed by atoms with Crippen LogP contribution in [-0.4, -0.2) is 75.5 Å². The molecule has 0 spiro atoms. The van der Waals surface area contributed by atoms with Gasteiger partial charge in [0.05, 0.1) is 40.3 Å². The van der Waals surface area contributed by atoms with Crippen molar-refractivity contribution < 1.29 is 38.2 Å². The minimum Gasteiger partial charge on any atom is -0.544 e. The van der Waals surface area contributed by atoms with Gasteiger partial charge in [0, 0.05) is 19.3 Å². The first kappa shape index (κ1) is 51.1. The zero-order valence-corrected chi connectivity index (χ0v) is 35.4. The normalized spacial score (nSPS) is 13.0. The Morgan fingerprint density at radius 2 is 0.943 bits per heavy atom. The molecule has 0 aromatic carbocycles. The maximum absolute atomic E-state index is 12.7. The monoisotopic (exact) mass is 752 g/mol. The number of likely N-dealkylation sites (N-methyl/N-ethyl adjacent to an activating group) is 1. The average Bonchev–Trinajstić information content (AvgIpc) is 3.11. The fraction of sp³-hybridized carbons (Fsp3) is 0.889. The highest BCUT2D eigenvalue weighted by Crippen LogP contribution is 2.15. The number of nitrogens with zero attached hydrogens (tertiary/aromatic N) is 1. The molecule has 0 fully saturated rings. The topological polar surface area (TPSA) is 102 Å². The maximum Gasteiger partial charge on any atom is 0.306 e. The maximum atomic E-state index is 12.7. The highest BCUT2D eigenvalue weighted by molar-refractivity contribution is 5.70. The number of ether oxygens (including phenoxy) is 3. The van der Waals surface area contributed by atoms with E-state index in [9.17, 15) is 19.5 Å². The van der Waals surface area contributed by atoms with Crippen molar-refractivity contribution in [1.29, 1.82) is 0 Å². The fourth-order valence-corrected chi connectivity index (χ4v) is 6.65. The Labute approximate surface area is 327 Å². The van der Waals surface area contributed by atoms with Gasteiger partial charge in [-0.05, 0) is 38.5 Å². The Balaban J connectivity index is 4.15. The lowest BCUT2D eigenvalue weighted by atomic mass is 10.0. The molecule has 53 heavy (non-hydrogen) atoms. The van der Waals surface area contributed by atoms with Gasteiger partial charge in [-0.25, -0.2) is 0 Å². The van der Waals surface area contributed by atoms with Crippen molar-refractivity contribution in [1.82, 2.24) is 0 Å². The number of aliphatic carboxylic acids is 1. The van der Waals surface area contributed by atoms with Gasteiger partial charge in [-0.15, -0.1) is 0 Å². The van der Waals surface area contributed by atoms with E-state index in [-0.39, 0.29) is 42.7 Å². The zero-order valence-electron chi connectivity index (χ0n) is 35.4. The minimum absolute atomic E-state index is 0.0436. The summed E-state index contributed by atoms with van der Waals surface area (Å²) in [6.45, 7) is 4.63. The van der Waals surface area contributed by atoms with Crippen LogP contribution in [0.1, 0.15) is 206 Å². The van der Waals surface area contributed by atoms with Crippen LogP contribution >= 0.6 is 0 Å². The van der Waals surface area contributed by atoms with Crippen molar-refractivity contribution in [2.75, 3.05) is 41.0 Å². The van der Waals surface area contributed by atoms with Gasteiger partial charge in [-0.2, -0.15) is 0 Å². The van der Waals surface area contributed by atoms with Crippen LogP contribution in [-0.2, 0) is 28.6 Å². The molecule has 0 aliphatic rings. The van der Waals surface area contributed by atoms with E-state index in [1.54, 1.807) is 21.1 Å². The molecule has 0 N–H and O–H groups in total. The van der Waals surface area contributed by atoms with Gasteiger partial charge in [0.25, 0.3) is 0 Å². The molecule has 0 radical (unpaired) electrons. The predicted octanol–water partition coefficient (Wildman–Crippen LogP) is 10.6. The molecule has 0 amide bonds. The fourth-order valence-electron chi connectivity index (χ4n) is 6.65. The highest BCUT2D eigenvalue weighted by Gasteiger charge is 2.25. The van der Waals surface area contributed by atoms with Crippen molar-refractivity contribution in [2.45, 2.75) is 219 Å². The molecular weight excluding hydrogens is 666 g/mol. The summed E-state index contributed by atoms with van der Waals surface area (Å²) in [4.78, 5) is 36.6. The minimum atomic E-state index is -1.12. The first-order chi connectivity index (χ1) is 25.6. The number of carboxylic acid groups (broad SMARTS) is 1. The highest BCUT2D eigenvalue weighted by atomic mass is 16.6. The van der Waals surface area contributed by atoms with Crippen LogP contribution in [0.2, 0.25) is 0 Å². The van der Waals surface area contributed by atoms with Crippen LogP contribution in [0.4, 0.5) is 0 Å². The molecule has 0 saturated carbocycles. The Kier molecular flexibility index (Phi) is 35.7. The third-order valence-corrected chi connectivity index (χ3v) is 10.2. The summed E-state index contributed by atoms with van der Waals surface area (Å²) < 4.78 is 17.1. The molecule has 2 unspecified atom stereocenters. The summed E-state index contributed by atoms with van der Waals surface area (Å²) in [5, 5.41) is 11.6. The van der Waals surface area contributed by atoms with E-state index >= 15 is 0 Å². The lowest BCUT2D eigenvalue weighted by Crippen LogP contribution is -2.55. The van der Waals surface area contributed by atoms with E-state index in [4.69, 9.17) is 14.2 Å². The third-order valence-electron chi connectivity index (χ3n) is 10.2. The molecule has 312 valence electrons. The molecule has 0 aromatic heterocycles. The van der Waals surface area contributed by atoms with Gasteiger partial charge < -0.3 is 28.6 Å². The van der Waals surface area contributed by atoms with Crippen molar-refractivity contribution in [2.24, 2.45) is 0 Å². The van der Waals surface area contributed by atoms with Gasteiger partial charge in [0.2, 0.25) is 0 Å². The number of esters is 2. The van der Waals surface area contributed by atoms with Crippen LogP contribution in [0, 0.1) is 0 Å². The lowest BCUT2D eigenvalue weighted by molar-refractivity contribution is -0.889. The molecule has 0 aliphatic heterocycles. The molecule has 0 heterocycles. The molecule has 0 saturated heterocycles. The quantitative estimate of drug-likeness (QED) is 0.0266. The summed E-state index contributed by atoms with van der Waals surface area (Å²) in [5.74, 6) is -1.74. The second-order valence-corrected chi connectivity index (χ2v) is 16.3. The molecule has 8 heteroatoms. The summed E-state index contributed by atoms with van der Waals surface area (Å²) in [6.07, 6.45) is 38.3. The molecular formula is C45H85NO7. The Morgan fingerprint density at radius 3 is 1.36 bits per heavy atom. The van der Waals surface area contributed by atoms with E-state index in [0.29, 0.717) is 12.8 Å². The average molecular weight is 752 g/mol. The van der Waals surface area contributed by atoms with Crippen molar-refractivity contribution in [3.8, 4) is 0 Å². The number of hydrogen-bond acceptors (Lipinski definition) is 7. The van der Waals surface area contributed by atoms with Crippen LogP contribution in [0.5, 0.6) is 0 Å². The number of carboxylic acids is 1. The van der Waals surface area contributed by atoms with Gasteiger partial charge in [0.1, 0.15) is 12.6 Å². The number of carbonyl (C=O) groups is 3. The van der Waals surface area contributed by atoms with Crippen molar-refractivity contribution in [3.63, 3.8) is 0 Å². The van der Waals surface area contributed by atoms with E-state index in [1.807, 2.05) is 0 Å². The van der Waals surface area contributed by atoms with Gasteiger partial charge in [0.15, 0.2) is 6.10 Å².